The second-order valence-electron chi connectivity index (χ2n) is 9.67. The third kappa shape index (κ3) is 7.86. The monoisotopic (exact) mass is 410 g/mol. The highest BCUT2D eigenvalue weighted by Crippen LogP contribution is 2.35. The predicted octanol–water partition coefficient (Wildman–Crippen LogP) is 5.02. The van der Waals surface area contributed by atoms with Gasteiger partial charge in [0, 0.05) is 0 Å². The highest BCUT2D eigenvalue weighted by Gasteiger charge is 2.30. The normalized spacial score (nSPS) is 15.2. The van der Waals surface area contributed by atoms with Gasteiger partial charge in [-0.15, -0.1) is 0 Å². The molecule has 0 aliphatic carbocycles. The second-order valence-corrected chi connectivity index (χ2v) is 9.67. The van der Waals surface area contributed by atoms with Crippen LogP contribution in [0, 0.1) is 29.6 Å². The van der Waals surface area contributed by atoms with Crippen LogP contribution in [0.1, 0.15) is 51.7 Å². The Labute approximate surface area is 183 Å². The summed E-state index contributed by atoms with van der Waals surface area (Å²) in [6.45, 7) is 9.23. The minimum absolute atomic E-state index is 0.0660. The molecule has 3 atom stereocenters. The van der Waals surface area contributed by atoms with Crippen molar-refractivity contribution < 1.29 is 5.11 Å². The van der Waals surface area contributed by atoms with E-state index < -0.39 is 12.3 Å². The first-order valence-corrected chi connectivity index (χ1v) is 11.5. The summed E-state index contributed by atoms with van der Waals surface area (Å²) in [5.41, 5.74) is 14.8. The highest BCUT2D eigenvalue weighted by molar-refractivity contribution is 5.16. The lowest BCUT2D eigenvalue weighted by molar-refractivity contribution is 0.0727. The Balaban J connectivity index is 2.11. The van der Waals surface area contributed by atoms with Crippen molar-refractivity contribution in [2.24, 2.45) is 41.1 Å². The molecule has 2 rings (SSSR count). The molecule has 3 unspecified atom stereocenters. The number of hydrogen-bond donors (Lipinski definition) is 3. The van der Waals surface area contributed by atoms with E-state index in [1.807, 2.05) is 18.2 Å². The number of hydrogen-bond acceptors (Lipinski definition) is 3. The molecule has 0 saturated carbocycles. The second kappa shape index (κ2) is 12.2. The van der Waals surface area contributed by atoms with Crippen LogP contribution >= 0.6 is 0 Å². The fourth-order valence-corrected chi connectivity index (χ4v) is 5.24. The molecule has 0 fully saturated rings. The van der Waals surface area contributed by atoms with Gasteiger partial charge in [-0.3, -0.25) is 0 Å². The molecule has 0 bridgehead atoms. The summed E-state index contributed by atoms with van der Waals surface area (Å²) in [4.78, 5) is 0. The Bertz CT molecular complexity index is 691. The van der Waals surface area contributed by atoms with E-state index in [9.17, 15) is 5.11 Å². The van der Waals surface area contributed by atoms with Crippen molar-refractivity contribution in [2.45, 2.75) is 65.6 Å². The average Bonchev–Trinajstić information content (AvgIpc) is 2.68. The van der Waals surface area contributed by atoms with E-state index in [0.29, 0.717) is 30.1 Å². The van der Waals surface area contributed by atoms with E-state index in [-0.39, 0.29) is 5.92 Å². The molecule has 5 N–H and O–H groups in total. The van der Waals surface area contributed by atoms with Gasteiger partial charge in [0.25, 0.3) is 0 Å². The van der Waals surface area contributed by atoms with Crippen LogP contribution in [0.4, 0.5) is 0 Å². The van der Waals surface area contributed by atoms with Gasteiger partial charge in [0.1, 0.15) is 0 Å². The molecule has 3 heteroatoms. The Hall–Kier alpha value is -1.68. The number of benzene rings is 2. The summed E-state index contributed by atoms with van der Waals surface area (Å²) in [7, 11) is 0. The molecular formula is C27H42N2O. The molecule has 30 heavy (non-hydrogen) atoms. The maximum Gasteiger partial charge on any atom is 0.0554 e. The van der Waals surface area contributed by atoms with Crippen LogP contribution in [0.3, 0.4) is 0 Å². The van der Waals surface area contributed by atoms with E-state index >= 15 is 0 Å². The van der Waals surface area contributed by atoms with Gasteiger partial charge in [-0.25, -0.2) is 0 Å². The Morgan fingerprint density at radius 1 is 0.667 bits per heavy atom. The van der Waals surface area contributed by atoms with Crippen molar-refractivity contribution in [3.63, 3.8) is 0 Å². The molecule has 3 nitrogen and oxygen atoms in total. The number of aliphatic hydroxyl groups is 1. The van der Waals surface area contributed by atoms with Crippen LogP contribution in [-0.4, -0.2) is 17.4 Å². The smallest absolute Gasteiger partial charge is 0.0554 e. The molecule has 0 spiro atoms. The zero-order chi connectivity index (χ0) is 22.1. The third-order valence-corrected chi connectivity index (χ3v) is 6.46. The molecule has 166 valence electrons. The maximum atomic E-state index is 11.1. The van der Waals surface area contributed by atoms with Crippen LogP contribution in [0.2, 0.25) is 0 Å². The molecule has 2 aromatic rings. The number of aliphatic hydroxyl groups excluding tert-OH is 1. The van der Waals surface area contributed by atoms with Crippen molar-refractivity contribution >= 4 is 0 Å². The molecule has 2 aromatic carbocycles. The molecule has 0 heterocycles. The molecule has 0 amide bonds. The highest BCUT2D eigenvalue weighted by atomic mass is 16.3. The Morgan fingerprint density at radius 2 is 1.07 bits per heavy atom. The van der Waals surface area contributed by atoms with Gasteiger partial charge in [-0.2, -0.15) is 0 Å². The standard InChI is InChI=1S/C27H42N2O/c1-19(2)26(20(3)4)23(15-21-11-7-5-8-12-21)17-25(30)18-24(27(28)29)16-22-13-9-6-10-14-22/h5-14,19-20,23-27,30H,15-18,28-29H2,1-4H3. The van der Waals surface area contributed by atoms with Crippen LogP contribution in [-0.2, 0) is 12.8 Å². The Kier molecular flexibility index (Phi) is 10.0. The van der Waals surface area contributed by atoms with Crippen LogP contribution in [0.5, 0.6) is 0 Å². The molecule has 0 aliphatic heterocycles. The SMILES string of the molecule is CC(C)C(C(C)C)C(Cc1ccccc1)CC(O)CC(Cc1ccccc1)C(N)N. The third-order valence-electron chi connectivity index (χ3n) is 6.46. The molecule has 0 aliphatic rings. The number of nitrogens with two attached hydrogens (primary N) is 2. The fourth-order valence-electron chi connectivity index (χ4n) is 5.24. The van der Waals surface area contributed by atoms with Crippen LogP contribution < -0.4 is 11.5 Å². The van der Waals surface area contributed by atoms with E-state index in [1.165, 1.54) is 11.1 Å². The first kappa shape index (κ1) is 24.6. The first-order chi connectivity index (χ1) is 14.3. The van der Waals surface area contributed by atoms with Gasteiger partial charge in [0.15, 0.2) is 0 Å². The zero-order valence-corrected chi connectivity index (χ0v) is 19.2. The average molecular weight is 411 g/mol. The van der Waals surface area contributed by atoms with E-state index in [0.717, 1.165) is 19.3 Å². The van der Waals surface area contributed by atoms with Crippen LogP contribution in [0.15, 0.2) is 60.7 Å². The van der Waals surface area contributed by atoms with E-state index in [4.69, 9.17) is 11.5 Å². The molecule has 0 radical (unpaired) electrons. The predicted molar refractivity (Wildman–Crippen MR) is 128 cm³/mol. The van der Waals surface area contributed by atoms with Gasteiger partial charge in [0.05, 0.1) is 12.3 Å². The molecule has 0 aromatic heterocycles. The largest absolute Gasteiger partial charge is 0.393 e. The lowest BCUT2D eigenvalue weighted by Crippen LogP contribution is -2.42. The van der Waals surface area contributed by atoms with Crippen molar-refractivity contribution in [1.29, 1.82) is 0 Å². The topological polar surface area (TPSA) is 72.3 Å². The van der Waals surface area contributed by atoms with Gasteiger partial charge in [-0.1, -0.05) is 88.4 Å². The zero-order valence-electron chi connectivity index (χ0n) is 19.2. The summed E-state index contributed by atoms with van der Waals surface area (Å²) >= 11 is 0. The summed E-state index contributed by atoms with van der Waals surface area (Å²) in [6.07, 6.45) is 2.39. The summed E-state index contributed by atoms with van der Waals surface area (Å²) in [5, 5.41) is 11.1. The fraction of sp³-hybridized carbons (Fsp3) is 0.556. The van der Waals surface area contributed by atoms with Gasteiger partial charge >= 0.3 is 0 Å². The van der Waals surface area contributed by atoms with Crippen molar-refractivity contribution in [2.75, 3.05) is 0 Å². The van der Waals surface area contributed by atoms with Crippen molar-refractivity contribution in [3.8, 4) is 0 Å². The minimum Gasteiger partial charge on any atom is -0.393 e. The first-order valence-electron chi connectivity index (χ1n) is 11.5. The summed E-state index contributed by atoms with van der Waals surface area (Å²) < 4.78 is 0. The molecular weight excluding hydrogens is 368 g/mol. The van der Waals surface area contributed by atoms with Crippen LogP contribution in [0.25, 0.3) is 0 Å². The maximum absolute atomic E-state index is 11.1. The number of rotatable bonds is 12. The van der Waals surface area contributed by atoms with Gasteiger partial charge in [-0.05, 0) is 66.4 Å². The lowest BCUT2D eigenvalue weighted by atomic mass is 9.71. The molecule has 0 saturated heterocycles. The lowest BCUT2D eigenvalue weighted by Gasteiger charge is -2.36. The summed E-state index contributed by atoms with van der Waals surface area (Å²) in [5.74, 6) is 2.19. The Morgan fingerprint density at radius 3 is 1.47 bits per heavy atom. The van der Waals surface area contributed by atoms with E-state index in [1.54, 1.807) is 0 Å². The quantitative estimate of drug-likeness (QED) is 0.430. The van der Waals surface area contributed by atoms with Gasteiger partial charge < -0.3 is 16.6 Å². The van der Waals surface area contributed by atoms with Crippen molar-refractivity contribution in [3.05, 3.63) is 71.8 Å². The van der Waals surface area contributed by atoms with Gasteiger partial charge in [0.2, 0.25) is 0 Å². The van der Waals surface area contributed by atoms with E-state index in [2.05, 4.69) is 70.2 Å². The summed E-state index contributed by atoms with van der Waals surface area (Å²) in [6, 6.07) is 21.0. The minimum atomic E-state index is -0.432. The van der Waals surface area contributed by atoms with Crippen molar-refractivity contribution in [1.82, 2.24) is 0 Å².